The Morgan fingerprint density at radius 1 is 1.57 bits per heavy atom. The smallest absolute Gasteiger partial charge is 0.323 e. The van der Waals surface area contributed by atoms with Crippen molar-refractivity contribution in [2.75, 3.05) is 0 Å². The van der Waals surface area contributed by atoms with Crippen LogP contribution < -0.4 is 0 Å². The fourth-order valence-corrected chi connectivity index (χ4v) is 1.18. The molecule has 1 aromatic carbocycles. The van der Waals surface area contributed by atoms with Crippen molar-refractivity contribution in [3.8, 4) is 5.75 Å². The van der Waals surface area contributed by atoms with Crippen molar-refractivity contribution < 1.29 is 14.8 Å². The lowest BCUT2D eigenvalue weighted by Crippen LogP contribution is -2.00. The number of nitro benzene ring substituents is 1. The monoisotopic (exact) mass is 215 g/mol. The summed E-state index contributed by atoms with van der Waals surface area (Å²) in [4.78, 5) is 20.7. The Hall–Kier alpha value is -1.62. The molecule has 0 spiro atoms. The maximum Gasteiger partial charge on any atom is 0.323 e. The van der Waals surface area contributed by atoms with Gasteiger partial charge in [0.05, 0.1) is 15.5 Å². The van der Waals surface area contributed by atoms with E-state index in [0.717, 1.165) is 0 Å². The third kappa shape index (κ3) is 1.67. The van der Waals surface area contributed by atoms with E-state index in [1.165, 1.54) is 19.1 Å². The minimum absolute atomic E-state index is 0.151. The van der Waals surface area contributed by atoms with Crippen LogP contribution in [0.4, 0.5) is 5.69 Å². The van der Waals surface area contributed by atoms with Gasteiger partial charge in [-0.3, -0.25) is 14.9 Å². The van der Waals surface area contributed by atoms with Gasteiger partial charge in [0.1, 0.15) is 0 Å². The molecule has 1 aromatic rings. The summed E-state index contributed by atoms with van der Waals surface area (Å²) >= 11 is 5.47. The molecule has 0 aromatic heterocycles. The second-order valence-corrected chi connectivity index (χ2v) is 3.01. The van der Waals surface area contributed by atoms with Crippen molar-refractivity contribution in [1.82, 2.24) is 0 Å². The number of ketones is 1. The summed E-state index contributed by atoms with van der Waals surface area (Å²) in [5.74, 6) is -1.17. The summed E-state index contributed by atoms with van der Waals surface area (Å²) in [6, 6.07) is 2.45. The summed E-state index contributed by atoms with van der Waals surface area (Å²) in [7, 11) is 0. The molecule has 0 saturated heterocycles. The summed E-state index contributed by atoms with van der Waals surface area (Å²) in [5.41, 5.74) is -0.804. The molecule has 0 atom stereocenters. The first-order valence-corrected chi connectivity index (χ1v) is 3.99. The van der Waals surface area contributed by atoms with Crippen LogP contribution in [0.5, 0.6) is 5.75 Å². The quantitative estimate of drug-likeness (QED) is 0.466. The molecule has 0 aliphatic carbocycles. The van der Waals surface area contributed by atoms with Gasteiger partial charge in [0, 0.05) is 0 Å². The Kier molecular flexibility index (Phi) is 2.71. The molecule has 74 valence electrons. The standard InChI is InChI=1S/C8H6ClNO4/c1-4(11)5-2-3-6(9)8(12)7(5)10(13)14/h2-3,12H,1H3. The van der Waals surface area contributed by atoms with Crippen LogP contribution in [0, 0.1) is 10.1 Å². The first kappa shape index (κ1) is 10.5. The van der Waals surface area contributed by atoms with E-state index >= 15 is 0 Å². The molecule has 14 heavy (non-hydrogen) atoms. The van der Waals surface area contributed by atoms with E-state index in [0.29, 0.717) is 0 Å². The number of phenols is 1. The lowest BCUT2D eigenvalue weighted by atomic mass is 10.1. The van der Waals surface area contributed by atoms with Crippen molar-refractivity contribution in [3.05, 3.63) is 32.8 Å². The van der Waals surface area contributed by atoms with Gasteiger partial charge in [-0.05, 0) is 19.1 Å². The number of benzene rings is 1. The number of aromatic hydroxyl groups is 1. The van der Waals surface area contributed by atoms with Gasteiger partial charge >= 0.3 is 5.69 Å². The second kappa shape index (κ2) is 3.63. The van der Waals surface area contributed by atoms with Crippen LogP contribution in [0.2, 0.25) is 5.02 Å². The van der Waals surface area contributed by atoms with Crippen LogP contribution in [0.3, 0.4) is 0 Å². The molecular formula is C8H6ClNO4. The zero-order chi connectivity index (χ0) is 10.9. The van der Waals surface area contributed by atoms with Gasteiger partial charge in [0.25, 0.3) is 0 Å². The molecule has 1 rings (SSSR count). The van der Waals surface area contributed by atoms with Gasteiger partial charge in [-0.2, -0.15) is 0 Å². The summed E-state index contributed by atoms with van der Waals surface area (Å²) in [6.45, 7) is 1.18. The Morgan fingerprint density at radius 2 is 2.14 bits per heavy atom. The minimum Gasteiger partial charge on any atom is -0.501 e. The highest BCUT2D eigenvalue weighted by Gasteiger charge is 2.24. The van der Waals surface area contributed by atoms with Crippen molar-refractivity contribution in [2.45, 2.75) is 6.92 Å². The van der Waals surface area contributed by atoms with Crippen molar-refractivity contribution in [3.63, 3.8) is 0 Å². The Balaban J connectivity index is 3.53. The fourth-order valence-electron chi connectivity index (χ4n) is 1.02. The molecule has 0 heterocycles. The van der Waals surface area contributed by atoms with Gasteiger partial charge in [-0.1, -0.05) is 11.6 Å². The van der Waals surface area contributed by atoms with Gasteiger partial charge in [0.2, 0.25) is 5.75 Å². The van der Waals surface area contributed by atoms with Gasteiger partial charge in [-0.15, -0.1) is 0 Å². The van der Waals surface area contributed by atoms with E-state index in [2.05, 4.69) is 0 Å². The number of rotatable bonds is 2. The van der Waals surface area contributed by atoms with E-state index < -0.39 is 22.1 Å². The number of carbonyl (C=O) groups is 1. The highest BCUT2D eigenvalue weighted by Crippen LogP contribution is 2.36. The number of halogens is 1. The van der Waals surface area contributed by atoms with Gasteiger partial charge in [0.15, 0.2) is 5.78 Å². The molecule has 0 aliphatic rings. The van der Waals surface area contributed by atoms with E-state index in [1.807, 2.05) is 0 Å². The molecule has 6 heteroatoms. The molecule has 5 nitrogen and oxygen atoms in total. The molecule has 0 unspecified atom stereocenters. The first-order chi connectivity index (χ1) is 6.45. The number of hydrogen-bond acceptors (Lipinski definition) is 4. The Labute approximate surface area is 84.1 Å². The van der Waals surface area contributed by atoms with E-state index in [-0.39, 0.29) is 10.6 Å². The third-order valence-corrected chi connectivity index (χ3v) is 1.97. The largest absolute Gasteiger partial charge is 0.501 e. The number of nitro groups is 1. The van der Waals surface area contributed by atoms with Crippen molar-refractivity contribution in [1.29, 1.82) is 0 Å². The summed E-state index contributed by atoms with van der Waals surface area (Å²) in [6.07, 6.45) is 0. The summed E-state index contributed by atoms with van der Waals surface area (Å²) < 4.78 is 0. The molecule has 0 radical (unpaired) electrons. The molecular weight excluding hydrogens is 210 g/mol. The second-order valence-electron chi connectivity index (χ2n) is 2.61. The number of phenolic OH excluding ortho intramolecular Hbond substituents is 1. The topological polar surface area (TPSA) is 80.4 Å². The van der Waals surface area contributed by atoms with Crippen LogP contribution in [0.25, 0.3) is 0 Å². The number of nitrogens with zero attached hydrogens (tertiary/aromatic N) is 1. The van der Waals surface area contributed by atoms with Crippen LogP contribution in [0.15, 0.2) is 12.1 Å². The number of Topliss-reactive ketones (excluding diaryl/α,β-unsaturated/α-hetero) is 1. The lowest BCUT2D eigenvalue weighted by molar-refractivity contribution is -0.386. The molecule has 0 fully saturated rings. The Morgan fingerprint density at radius 3 is 2.57 bits per heavy atom. The van der Waals surface area contributed by atoms with Gasteiger partial charge in [-0.25, -0.2) is 0 Å². The molecule has 0 saturated carbocycles. The maximum atomic E-state index is 11.0. The lowest BCUT2D eigenvalue weighted by Gasteiger charge is -2.02. The molecule has 0 aliphatic heterocycles. The predicted octanol–water partition coefficient (Wildman–Crippen LogP) is 2.16. The van der Waals surface area contributed by atoms with E-state index in [9.17, 15) is 20.0 Å². The number of hydrogen-bond donors (Lipinski definition) is 1. The third-order valence-electron chi connectivity index (χ3n) is 1.66. The SMILES string of the molecule is CC(=O)c1ccc(Cl)c(O)c1[N+](=O)[O-]. The normalized spacial score (nSPS) is 9.86. The zero-order valence-electron chi connectivity index (χ0n) is 7.15. The molecule has 0 amide bonds. The highest BCUT2D eigenvalue weighted by atomic mass is 35.5. The van der Waals surface area contributed by atoms with Crippen LogP contribution in [0.1, 0.15) is 17.3 Å². The average molecular weight is 216 g/mol. The van der Waals surface area contributed by atoms with Crippen LogP contribution in [-0.2, 0) is 0 Å². The summed E-state index contributed by atoms with van der Waals surface area (Å²) in [5, 5.41) is 19.7. The van der Waals surface area contributed by atoms with Gasteiger partial charge < -0.3 is 5.11 Å². The average Bonchev–Trinajstić information content (AvgIpc) is 2.08. The first-order valence-electron chi connectivity index (χ1n) is 3.62. The van der Waals surface area contributed by atoms with E-state index in [4.69, 9.17) is 11.6 Å². The number of carbonyl (C=O) groups excluding carboxylic acids is 1. The highest BCUT2D eigenvalue weighted by molar-refractivity contribution is 6.32. The maximum absolute atomic E-state index is 11.0. The van der Waals surface area contributed by atoms with Crippen LogP contribution in [-0.4, -0.2) is 15.8 Å². The molecule has 0 bridgehead atoms. The predicted molar refractivity (Wildman–Crippen MR) is 49.8 cm³/mol. The fraction of sp³-hybridized carbons (Fsp3) is 0.125. The Bertz CT molecular complexity index is 416. The van der Waals surface area contributed by atoms with E-state index in [1.54, 1.807) is 0 Å². The van der Waals surface area contributed by atoms with Crippen LogP contribution >= 0.6 is 11.6 Å². The minimum atomic E-state index is -0.835. The van der Waals surface area contributed by atoms with Crippen molar-refractivity contribution >= 4 is 23.1 Å². The molecule has 1 N–H and O–H groups in total. The van der Waals surface area contributed by atoms with Crippen molar-refractivity contribution in [2.24, 2.45) is 0 Å². The zero-order valence-corrected chi connectivity index (χ0v) is 7.91.